The van der Waals surface area contributed by atoms with E-state index in [0.29, 0.717) is 24.9 Å². The van der Waals surface area contributed by atoms with Crippen molar-refractivity contribution in [1.82, 2.24) is 9.78 Å². The molecule has 96 valence electrons. The van der Waals surface area contributed by atoms with Gasteiger partial charge < -0.3 is 10.8 Å². The van der Waals surface area contributed by atoms with E-state index in [1.54, 1.807) is 0 Å². The van der Waals surface area contributed by atoms with Gasteiger partial charge in [-0.15, -0.1) is 0 Å². The molecule has 0 saturated heterocycles. The second-order valence-corrected chi connectivity index (χ2v) is 4.31. The summed E-state index contributed by atoms with van der Waals surface area (Å²) in [6.07, 6.45) is 1.16. The number of nitrogens with zero attached hydrogens (tertiary/aromatic N) is 1. The number of aromatic nitrogens is 2. The second-order valence-electron chi connectivity index (χ2n) is 4.31. The lowest BCUT2D eigenvalue weighted by molar-refractivity contribution is 0.427. The van der Waals surface area contributed by atoms with Crippen molar-refractivity contribution in [3.8, 4) is 11.6 Å². The molecule has 2 rings (SSSR count). The van der Waals surface area contributed by atoms with Crippen LogP contribution in [0.2, 0.25) is 0 Å². The fraction of sp³-hybridized carbons (Fsp3) is 0.308. The molecule has 0 amide bonds. The van der Waals surface area contributed by atoms with Gasteiger partial charge in [0.2, 0.25) is 5.88 Å². The van der Waals surface area contributed by atoms with E-state index in [-0.39, 0.29) is 11.4 Å². The minimum absolute atomic E-state index is 0.0287. The molecule has 0 spiro atoms. The van der Waals surface area contributed by atoms with E-state index >= 15 is 0 Å². The van der Waals surface area contributed by atoms with Crippen molar-refractivity contribution >= 4 is 0 Å². The third kappa shape index (κ3) is 2.31. The van der Waals surface area contributed by atoms with Gasteiger partial charge in [-0.25, -0.2) is 4.68 Å². The van der Waals surface area contributed by atoms with Crippen LogP contribution in [0.25, 0.3) is 5.69 Å². The van der Waals surface area contributed by atoms with Gasteiger partial charge in [-0.3, -0.25) is 9.89 Å². The Hall–Kier alpha value is -2.01. The van der Waals surface area contributed by atoms with Crippen molar-refractivity contribution in [3.63, 3.8) is 0 Å². The summed E-state index contributed by atoms with van der Waals surface area (Å²) in [5.74, 6) is -0.0287. The normalized spacial score (nSPS) is 10.8. The monoisotopic (exact) mass is 247 g/mol. The molecule has 18 heavy (non-hydrogen) atoms. The Morgan fingerprint density at radius 2 is 2.22 bits per heavy atom. The van der Waals surface area contributed by atoms with Gasteiger partial charge in [0.05, 0.1) is 11.3 Å². The number of hydrogen-bond acceptors (Lipinski definition) is 3. The average molecular weight is 247 g/mol. The van der Waals surface area contributed by atoms with Crippen molar-refractivity contribution in [2.45, 2.75) is 19.8 Å². The first-order valence-electron chi connectivity index (χ1n) is 5.93. The number of aromatic amines is 1. The first-order valence-corrected chi connectivity index (χ1v) is 5.93. The third-order valence-electron chi connectivity index (χ3n) is 2.86. The van der Waals surface area contributed by atoms with E-state index in [1.165, 1.54) is 4.68 Å². The van der Waals surface area contributed by atoms with Crippen molar-refractivity contribution < 1.29 is 5.11 Å². The summed E-state index contributed by atoms with van der Waals surface area (Å²) in [6.45, 7) is 2.45. The molecule has 5 heteroatoms. The molecule has 0 saturated carbocycles. The fourth-order valence-corrected chi connectivity index (χ4v) is 1.92. The molecule has 5 nitrogen and oxygen atoms in total. The largest absolute Gasteiger partial charge is 0.493 e. The van der Waals surface area contributed by atoms with E-state index in [4.69, 9.17) is 5.73 Å². The van der Waals surface area contributed by atoms with Gasteiger partial charge in [0.25, 0.3) is 5.56 Å². The summed E-state index contributed by atoms with van der Waals surface area (Å²) in [7, 11) is 0. The van der Waals surface area contributed by atoms with Crippen LogP contribution in [0.4, 0.5) is 0 Å². The molecule has 0 fully saturated rings. The maximum absolute atomic E-state index is 11.7. The number of benzene rings is 1. The van der Waals surface area contributed by atoms with Crippen molar-refractivity contribution in [2.24, 2.45) is 5.73 Å². The number of H-pyrrole nitrogens is 1. The Kier molecular flexibility index (Phi) is 3.53. The number of rotatable bonds is 4. The van der Waals surface area contributed by atoms with E-state index in [0.717, 1.165) is 11.3 Å². The first kappa shape index (κ1) is 12.4. The summed E-state index contributed by atoms with van der Waals surface area (Å²) >= 11 is 0. The molecule has 0 aliphatic heterocycles. The zero-order valence-electron chi connectivity index (χ0n) is 10.3. The Balaban J connectivity index is 2.44. The van der Waals surface area contributed by atoms with Gasteiger partial charge in [0.15, 0.2) is 0 Å². The number of nitrogens with two attached hydrogens (primary N) is 1. The summed E-state index contributed by atoms with van der Waals surface area (Å²) in [6, 6.07) is 7.55. The van der Waals surface area contributed by atoms with Crippen LogP contribution in [0.15, 0.2) is 29.1 Å². The van der Waals surface area contributed by atoms with Crippen molar-refractivity contribution in [2.75, 3.05) is 6.54 Å². The number of aryl methyl sites for hydroxylation is 1. The molecular weight excluding hydrogens is 230 g/mol. The lowest BCUT2D eigenvalue weighted by atomic mass is 10.2. The van der Waals surface area contributed by atoms with Gasteiger partial charge in [0.1, 0.15) is 0 Å². The lowest BCUT2D eigenvalue weighted by Crippen LogP contribution is -2.09. The van der Waals surface area contributed by atoms with E-state index in [1.807, 2.05) is 31.2 Å². The zero-order valence-corrected chi connectivity index (χ0v) is 10.3. The number of nitrogens with one attached hydrogen (secondary N) is 1. The van der Waals surface area contributed by atoms with E-state index in [9.17, 15) is 9.90 Å². The number of hydrogen-bond donors (Lipinski definition) is 3. The third-order valence-corrected chi connectivity index (χ3v) is 2.86. The minimum atomic E-state index is -0.262. The summed E-state index contributed by atoms with van der Waals surface area (Å²) in [4.78, 5) is 11.7. The quantitative estimate of drug-likeness (QED) is 0.755. The molecule has 1 aromatic heterocycles. The van der Waals surface area contributed by atoms with E-state index < -0.39 is 0 Å². The van der Waals surface area contributed by atoms with Gasteiger partial charge in [-0.2, -0.15) is 0 Å². The Morgan fingerprint density at radius 3 is 2.89 bits per heavy atom. The Bertz CT molecular complexity index is 599. The molecule has 0 atom stereocenters. The summed E-state index contributed by atoms with van der Waals surface area (Å²) in [5.41, 5.74) is 7.34. The highest BCUT2D eigenvalue weighted by Crippen LogP contribution is 2.19. The summed E-state index contributed by atoms with van der Waals surface area (Å²) in [5, 5.41) is 12.7. The first-order chi connectivity index (χ1) is 8.63. The maximum atomic E-state index is 11.7. The molecule has 1 heterocycles. The van der Waals surface area contributed by atoms with Crippen molar-refractivity contribution in [3.05, 3.63) is 45.7 Å². The van der Waals surface area contributed by atoms with Crippen LogP contribution in [0.1, 0.15) is 17.5 Å². The van der Waals surface area contributed by atoms with Crippen LogP contribution in [0, 0.1) is 6.92 Å². The SMILES string of the molecule is Cc1cccc(-n2[nH]c(=O)c(CCCN)c2O)c1. The van der Waals surface area contributed by atoms with Gasteiger partial charge in [0, 0.05) is 0 Å². The highest BCUT2D eigenvalue weighted by Gasteiger charge is 2.14. The molecular formula is C13H17N3O2. The van der Waals surface area contributed by atoms with Crippen LogP contribution < -0.4 is 11.3 Å². The predicted octanol–water partition coefficient (Wildman–Crippen LogP) is 1.07. The molecule has 0 aliphatic rings. The fourth-order valence-electron chi connectivity index (χ4n) is 1.92. The van der Waals surface area contributed by atoms with Crippen LogP contribution in [0.3, 0.4) is 0 Å². The molecule has 0 aliphatic carbocycles. The average Bonchev–Trinajstić information content (AvgIpc) is 2.63. The standard InChI is InChI=1S/C13H17N3O2/c1-9-4-2-5-10(8-9)16-13(18)11(6-3-7-14)12(17)15-16/h2,4-5,8,18H,3,6-7,14H2,1H3,(H,15,17). The molecule has 0 unspecified atom stereocenters. The topological polar surface area (TPSA) is 84.0 Å². The van der Waals surface area contributed by atoms with Crippen LogP contribution >= 0.6 is 0 Å². The molecule has 0 radical (unpaired) electrons. The Morgan fingerprint density at radius 1 is 1.44 bits per heavy atom. The maximum Gasteiger partial charge on any atom is 0.271 e. The highest BCUT2D eigenvalue weighted by molar-refractivity contribution is 5.39. The predicted molar refractivity (Wildman–Crippen MR) is 70.2 cm³/mol. The van der Waals surface area contributed by atoms with Gasteiger partial charge in [-0.1, -0.05) is 12.1 Å². The molecule has 2 aromatic rings. The summed E-state index contributed by atoms with van der Waals surface area (Å²) < 4.78 is 1.40. The number of aromatic hydroxyl groups is 1. The zero-order chi connectivity index (χ0) is 13.1. The smallest absolute Gasteiger partial charge is 0.271 e. The molecule has 0 bridgehead atoms. The van der Waals surface area contributed by atoms with Gasteiger partial charge in [-0.05, 0) is 44.0 Å². The highest BCUT2D eigenvalue weighted by atomic mass is 16.3. The second kappa shape index (κ2) is 5.10. The Labute approximate surface area is 105 Å². The minimum Gasteiger partial charge on any atom is -0.493 e. The van der Waals surface area contributed by atoms with Crippen molar-refractivity contribution in [1.29, 1.82) is 0 Å². The van der Waals surface area contributed by atoms with Crippen LogP contribution in [-0.4, -0.2) is 21.4 Å². The molecule has 4 N–H and O–H groups in total. The van der Waals surface area contributed by atoms with Crippen LogP contribution in [0.5, 0.6) is 5.88 Å². The van der Waals surface area contributed by atoms with Gasteiger partial charge >= 0.3 is 0 Å². The lowest BCUT2D eigenvalue weighted by Gasteiger charge is -2.05. The molecule has 1 aromatic carbocycles. The van der Waals surface area contributed by atoms with Crippen LogP contribution in [-0.2, 0) is 6.42 Å². The van der Waals surface area contributed by atoms with E-state index in [2.05, 4.69) is 5.10 Å².